The van der Waals surface area contributed by atoms with Crippen LogP contribution in [0.4, 0.5) is 5.69 Å². The number of benzene rings is 1. The van der Waals surface area contributed by atoms with Gasteiger partial charge in [-0.1, -0.05) is 18.2 Å². The summed E-state index contributed by atoms with van der Waals surface area (Å²) in [6.07, 6.45) is 1.93. The van der Waals surface area contributed by atoms with Crippen molar-refractivity contribution in [2.24, 2.45) is 5.92 Å². The normalized spacial score (nSPS) is 41.4. The van der Waals surface area contributed by atoms with E-state index >= 15 is 0 Å². The van der Waals surface area contributed by atoms with Gasteiger partial charge in [0, 0.05) is 11.6 Å². The van der Waals surface area contributed by atoms with Crippen LogP contribution < -0.4 is 4.90 Å². The van der Waals surface area contributed by atoms with Crippen molar-refractivity contribution >= 4 is 11.7 Å². The van der Waals surface area contributed by atoms with Crippen molar-refractivity contribution < 1.29 is 9.53 Å². The number of esters is 1. The van der Waals surface area contributed by atoms with Gasteiger partial charge >= 0.3 is 5.97 Å². The van der Waals surface area contributed by atoms with Gasteiger partial charge in [-0.05, 0) is 38.3 Å². The average molecular weight is 229 g/mol. The SMILES string of the molecule is C[C@]12C[C@@H]3Cc4ccccc4N1[C@]3(C)OC2=O. The van der Waals surface area contributed by atoms with E-state index < -0.39 is 11.3 Å². The predicted octanol–water partition coefficient (Wildman–Crippen LogP) is 2.10. The van der Waals surface area contributed by atoms with Crippen molar-refractivity contribution in [3.05, 3.63) is 29.8 Å². The minimum atomic E-state index is -0.452. The first kappa shape index (κ1) is 9.51. The van der Waals surface area contributed by atoms with Crippen LogP contribution in [-0.4, -0.2) is 17.2 Å². The van der Waals surface area contributed by atoms with E-state index in [0.717, 1.165) is 12.8 Å². The third-order valence-corrected chi connectivity index (χ3v) is 4.78. The van der Waals surface area contributed by atoms with Gasteiger partial charge in [0.15, 0.2) is 5.72 Å². The van der Waals surface area contributed by atoms with Crippen molar-refractivity contribution in [3.8, 4) is 0 Å². The van der Waals surface area contributed by atoms with Crippen molar-refractivity contribution in [1.82, 2.24) is 0 Å². The maximum atomic E-state index is 12.1. The number of nitrogens with zero attached hydrogens (tertiary/aromatic N) is 1. The molecule has 2 fully saturated rings. The van der Waals surface area contributed by atoms with Gasteiger partial charge in [0.05, 0.1) is 0 Å². The third-order valence-electron chi connectivity index (χ3n) is 4.78. The second-order valence-corrected chi connectivity index (χ2v) is 5.79. The van der Waals surface area contributed by atoms with Gasteiger partial charge in [0.1, 0.15) is 5.54 Å². The summed E-state index contributed by atoms with van der Waals surface area (Å²) in [5, 5.41) is 0. The maximum absolute atomic E-state index is 12.1. The number of para-hydroxylation sites is 1. The lowest BCUT2D eigenvalue weighted by atomic mass is 9.84. The molecule has 0 saturated carbocycles. The van der Waals surface area contributed by atoms with Gasteiger partial charge in [-0.2, -0.15) is 0 Å². The minimum Gasteiger partial charge on any atom is -0.437 e. The van der Waals surface area contributed by atoms with E-state index in [4.69, 9.17) is 4.74 Å². The molecule has 0 spiro atoms. The second kappa shape index (κ2) is 2.50. The zero-order valence-corrected chi connectivity index (χ0v) is 10.1. The Morgan fingerprint density at radius 1 is 1.35 bits per heavy atom. The highest BCUT2D eigenvalue weighted by Crippen LogP contribution is 2.59. The monoisotopic (exact) mass is 229 g/mol. The Bertz CT molecular complexity index is 541. The lowest BCUT2D eigenvalue weighted by Crippen LogP contribution is -2.49. The first-order valence-corrected chi connectivity index (χ1v) is 6.17. The van der Waals surface area contributed by atoms with Gasteiger partial charge in [-0.25, -0.2) is 4.79 Å². The summed E-state index contributed by atoms with van der Waals surface area (Å²) in [7, 11) is 0. The topological polar surface area (TPSA) is 29.5 Å². The summed E-state index contributed by atoms with van der Waals surface area (Å²) in [6, 6.07) is 8.37. The number of carbonyl (C=O) groups excluding carboxylic acids is 1. The molecule has 0 radical (unpaired) electrons. The average Bonchev–Trinajstić information content (AvgIpc) is 2.56. The third kappa shape index (κ3) is 0.853. The highest BCUT2D eigenvalue weighted by Gasteiger charge is 2.70. The van der Waals surface area contributed by atoms with Crippen LogP contribution in [0.25, 0.3) is 0 Å². The van der Waals surface area contributed by atoms with Gasteiger partial charge in [-0.15, -0.1) is 0 Å². The molecule has 3 nitrogen and oxygen atoms in total. The molecule has 3 atom stereocenters. The molecule has 3 aliphatic rings. The minimum absolute atomic E-state index is 0.0621. The van der Waals surface area contributed by atoms with Crippen LogP contribution in [0.15, 0.2) is 24.3 Å². The molecule has 0 amide bonds. The van der Waals surface area contributed by atoms with Crippen LogP contribution in [0.2, 0.25) is 0 Å². The fourth-order valence-corrected chi connectivity index (χ4v) is 3.97. The fraction of sp³-hybridized carbons (Fsp3) is 0.500. The number of hydrogen-bond acceptors (Lipinski definition) is 3. The molecule has 3 heterocycles. The van der Waals surface area contributed by atoms with Crippen LogP contribution in [0.1, 0.15) is 25.8 Å². The zero-order valence-electron chi connectivity index (χ0n) is 10.1. The molecule has 3 heteroatoms. The van der Waals surface area contributed by atoms with E-state index in [1.165, 1.54) is 11.3 Å². The Kier molecular flexibility index (Phi) is 1.40. The lowest BCUT2D eigenvalue weighted by Gasteiger charge is -2.40. The van der Waals surface area contributed by atoms with Crippen LogP contribution in [0.3, 0.4) is 0 Å². The summed E-state index contributed by atoms with van der Waals surface area (Å²) in [5.74, 6) is 0.369. The number of anilines is 1. The molecule has 0 aliphatic carbocycles. The Hall–Kier alpha value is -1.51. The summed E-state index contributed by atoms with van der Waals surface area (Å²) in [4.78, 5) is 14.3. The number of carbonyl (C=O) groups is 1. The van der Waals surface area contributed by atoms with Crippen molar-refractivity contribution in [3.63, 3.8) is 0 Å². The molecule has 2 saturated heterocycles. The zero-order chi connectivity index (χ0) is 11.8. The van der Waals surface area contributed by atoms with E-state index in [2.05, 4.69) is 30.0 Å². The lowest BCUT2D eigenvalue weighted by molar-refractivity contribution is -0.160. The molecule has 1 aromatic carbocycles. The Morgan fingerprint density at radius 3 is 2.94 bits per heavy atom. The van der Waals surface area contributed by atoms with Crippen LogP contribution in [0.5, 0.6) is 0 Å². The van der Waals surface area contributed by atoms with Gasteiger partial charge in [0.25, 0.3) is 0 Å². The standard InChI is InChI=1S/C14H15NO2/c1-13-8-10-7-9-5-3-4-6-11(9)15(13)14(10,2)17-12(13)16/h3-6,10H,7-8H2,1-2H3/t10-,13+,14+/m0/s1. The molecule has 0 aromatic heterocycles. The quantitative estimate of drug-likeness (QED) is 0.638. The molecule has 4 bridgehead atoms. The molecule has 0 unspecified atom stereocenters. The van der Waals surface area contributed by atoms with E-state index in [1.807, 2.05) is 13.0 Å². The molecule has 0 N–H and O–H groups in total. The van der Waals surface area contributed by atoms with Crippen LogP contribution in [-0.2, 0) is 16.0 Å². The Balaban J connectivity index is 2.01. The predicted molar refractivity (Wildman–Crippen MR) is 63.6 cm³/mol. The fourth-order valence-electron chi connectivity index (χ4n) is 3.97. The molecule has 88 valence electrons. The number of rotatable bonds is 0. The molecular formula is C14H15NO2. The highest BCUT2D eigenvalue weighted by atomic mass is 16.6. The number of hydrogen-bond donors (Lipinski definition) is 0. The molecule has 4 rings (SSSR count). The van der Waals surface area contributed by atoms with Gasteiger partial charge < -0.3 is 9.64 Å². The Morgan fingerprint density at radius 2 is 2.12 bits per heavy atom. The summed E-state index contributed by atoms with van der Waals surface area (Å²) >= 11 is 0. The summed E-state index contributed by atoms with van der Waals surface area (Å²) in [5.41, 5.74) is 1.65. The van der Waals surface area contributed by atoms with Gasteiger partial charge in [-0.3, -0.25) is 0 Å². The van der Waals surface area contributed by atoms with Crippen molar-refractivity contribution in [2.75, 3.05) is 4.90 Å². The maximum Gasteiger partial charge on any atom is 0.333 e. The molecule has 1 aromatic rings. The molecule has 17 heavy (non-hydrogen) atoms. The van der Waals surface area contributed by atoms with E-state index in [1.54, 1.807) is 0 Å². The molecule has 3 aliphatic heterocycles. The largest absolute Gasteiger partial charge is 0.437 e. The van der Waals surface area contributed by atoms with E-state index in [0.29, 0.717) is 5.92 Å². The molecular weight excluding hydrogens is 214 g/mol. The highest BCUT2D eigenvalue weighted by molar-refractivity contribution is 5.92. The Labute approximate surface area is 100 Å². The van der Waals surface area contributed by atoms with E-state index in [-0.39, 0.29) is 5.97 Å². The smallest absolute Gasteiger partial charge is 0.333 e. The summed E-state index contributed by atoms with van der Waals surface area (Å²) < 4.78 is 5.66. The first-order chi connectivity index (χ1) is 8.06. The van der Waals surface area contributed by atoms with Crippen molar-refractivity contribution in [2.45, 2.75) is 38.0 Å². The van der Waals surface area contributed by atoms with E-state index in [9.17, 15) is 4.79 Å². The number of ether oxygens (including phenoxy) is 1. The summed E-state index contributed by atoms with van der Waals surface area (Å²) in [6.45, 7) is 4.08. The number of fused-ring (bicyclic) bond motifs is 1. The second-order valence-electron chi connectivity index (χ2n) is 5.79. The van der Waals surface area contributed by atoms with Crippen molar-refractivity contribution in [1.29, 1.82) is 0 Å². The van der Waals surface area contributed by atoms with Gasteiger partial charge in [0.2, 0.25) is 0 Å². The van der Waals surface area contributed by atoms with Crippen LogP contribution in [0, 0.1) is 5.92 Å². The van der Waals surface area contributed by atoms with Crippen LogP contribution >= 0.6 is 0 Å². The first-order valence-electron chi connectivity index (χ1n) is 6.17.